The Morgan fingerprint density at radius 1 is 0.426 bits per heavy atom. The van der Waals surface area contributed by atoms with Crippen LogP contribution in [-0.4, -0.2) is 18.7 Å². The van der Waals surface area contributed by atoms with Gasteiger partial charge in [-0.3, -0.25) is 0 Å². The molecule has 0 aliphatic carbocycles. The van der Waals surface area contributed by atoms with Gasteiger partial charge in [0.05, 0.1) is 31.9 Å². The van der Waals surface area contributed by atoms with Gasteiger partial charge in [0.25, 0.3) is 0 Å². The molecule has 0 aromatic heterocycles. The Morgan fingerprint density at radius 3 is 0.745 bits per heavy atom. The minimum absolute atomic E-state index is 0. The molecular weight excluding hydrogens is 644 g/mol. The van der Waals surface area contributed by atoms with E-state index in [1.54, 1.807) is 0 Å². The van der Waals surface area contributed by atoms with Crippen molar-refractivity contribution in [3.8, 4) is 0 Å². The molecule has 0 heterocycles. The molecule has 6 aromatic carbocycles. The van der Waals surface area contributed by atoms with E-state index < -0.39 is 10.1 Å². The molecule has 7 heteroatoms. The molecule has 242 valence electrons. The van der Waals surface area contributed by atoms with Gasteiger partial charge in [0.2, 0.25) is 0 Å². The molecule has 0 amide bonds. The Balaban J connectivity index is 0.000000206. The predicted octanol–water partition coefficient (Wildman–Crippen LogP) is 6.90. The van der Waals surface area contributed by atoms with Crippen molar-refractivity contribution in [1.82, 2.24) is 0 Å². The van der Waals surface area contributed by atoms with Gasteiger partial charge in [0.15, 0.2) is 29.4 Å². The van der Waals surface area contributed by atoms with Crippen molar-refractivity contribution in [1.29, 1.82) is 0 Å². The van der Waals surface area contributed by atoms with Crippen molar-refractivity contribution < 1.29 is 17.7 Å². The van der Waals surface area contributed by atoms with E-state index in [9.17, 15) is 13.0 Å². The van der Waals surface area contributed by atoms with Crippen molar-refractivity contribution in [3.05, 3.63) is 182 Å². The molecule has 0 unspecified atom stereocenters. The summed E-state index contributed by atoms with van der Waals surface area (Å²) in [5, 5.41) is 0. The number of rotatable bonds is 9. The third-order valence-corrected chi connectivity index (χ3v) is 11.9. The van der Waals surface area contributed by atoms with Gasteiger partial charge >= 0.3 is 0 Å². The maximum atomic E-state index is 9.83. The highest BCUT2D eigenvalue weighted by Crippen LogP contribution is 2.31. The number of hydrogen-bond donors (Lipinski definition) is 0. The summed E-state index contributed by atoms with van der Waals surface area (Å²) in [4.78, 5) is 8.17. The zero-order valence-electron chi connectivity index (χ0n) is 26.3. The highest BCUT2D eigenvalue weighted by atomic mass is 32.2. The van der Waals surface area contributed by atoms with Crippen LogP contribution >= 0.6 is 0 Å². The summed E-state index contributed by atoms with van der Waals surface area (Å²) in [6, 6.07) is 64.3. The van der Waals surface area contributed by atoms with Crippen LogP contribution in [0.4, 0.5) is 0 Å². The fourth-order valence-corrected chi connectivity index (χ4v) is 9.33. The van der Waals surface area contributed by atoms with Gasteiger partial charge in [0.1, 0.15) is 0 Å². The molecule has 0 spiro atoms. The number of halogens is 1. The Morgan fingerprint density at radius 2 is 0.617 bits per heavy atom. The molecular formula is C40H39FO3S3. The molecule has 3 nitrogen and oxygen atoms in total. The maximum Gasteiger partial charge on any atom is 0.166 e. The van der Waals surface area contributed by atoms with Crippen LogP contribution in [0.5, 0.6) is 0 Å². The lowest BCUT2D eigenvalue weighted by Crippen LogP contribution is -3.00. The van der Waals surface area contributed by atoms with Gasteiger partial charge in [-0.15, -0.1) is 0 Å². The Hall–Kier alpha value is -4.14. The van der Waals surface area contributed by atoms with E-state index in [-0.39, 0.29) is 32.2 Å². The molecule has 0 aliphatic rings. The summed E-state index contributed by atoms with van der Waals surface area (Å²) in [6.07, 6.45) is 1.23. The summed E-state index contributed by atoms with van der Waals surface area (Å²) in [5.74, 6) is -0.219. The van der Waals surface area contributed by atoms with E-state index in [2.05, 4.69) is 182 Å². The quantitative estimate of drug-likeness (QED) is 0.123. The van der Waals surface area contributed by atoms with Crippen LogP contribution in [0.3, 0.4) is 0 Å². The third kappa shape index (κ3) is 12.5. The van der Waals surface area contributed by atoms with Crippen LogP contribution in [-0.2, 0) is 31.9 Å². The lowest BCUT2D eigenvalue weighted by Gasteiger charge is -2.07. The van der Waals surface area contributed by atoms with Crippen molar-refractivity contribution in [2.45, 2.75) is 49.1 Å². The molecule has 0 bridgehead atoms. The van der Waals surface area contributed by atoms with Crippen molar-refractivity contribution in [3.63, 3.8) is 0 Å². The van der Waals surface area contributed by atoms with Gasteiger partial charge in [-0.25, -0.2) is 8.42 Å². The second-order valence-corrected chi connectivity index (χ2v) is 15.7. The molecule has 6 rings (SSSR count). The Kier molecular flexibility index (Phi) is 16.0. The summed E-state index contributed by atoms with van der Waals surface area (Å²) in [5.41, 5.74) is 0. The first kappa shape index (κ1) is 37.3. The number of unbranched alkanes of at least 4 members (excludes halogenated alkanes) is 1. The minimum atomic E-state index is -3.94. The number of benzene rings is 6. The van der Waals surface area contributed by atoms with E-state index in [1.807, 2.05) is 6.92 Å². The molecule has 0 fully saturated rings. The average Bonchev–Trinajstić information content (AvgIpc) is 3.11. The SMILES string of the molecule is CCCCS(=O)(=O)[O-].[F-].c1ccc([S+](c2ccccc2)c2ccccc2)cc1.c1ccc([S+](c2ccccc2)c2ccccc2)cc1. The van der Waals surface area contributed by atoms with E-state index in [0.29, 0.717) is 6.42 Å². The lowest BCUT2D eigenvalue weighted by molar-refractivity contribution is -0.0000135. The van der Waals surface area contributed by atoms with Gasteiger partial charge in [-0.05, 0) is 79.2 Å². The molecule has 0 radical (unpaired) electrons. The standard InChI is InChI=1S/2C18H15S.C4H10O3S.FH/c2*1-4-10-16(11-5-1)19(17-12-6-2-7-13-17)18-14-8-3-9-15-18;1-2-3-4-8(5,6)7;/h2*1-15H;2-4H2,1H3,(H,5,6,7);1H/q2*+1;;/p-2. The molecule has 47 heavy (non-hydrogen) atoms. The van der Waals surface area contributed by atoms with Crippen LogP contribution in [0, 0.1) is 0 Å². The second kappa shape index (κ2) is 20.2. The maximum absolute atomic E-state index is 9.83. The minimum Gasteiger partial charge on any atom is -1.00 e. The van der Waals surface area contributed by atoms with E-state index >= 15 is 0 Å². The van der Waals surface area contributed by atoms with E-state index in [4.69, 9.17) is 0 Å². The highest BCUT2D eigenvalue weighted by molar-refractivity contribution is 7.97. The topological polar surface area (TPSA) is 57.2 Å². The van der Waals surface area contributed by atoms with Gasteiger partial charge in [-0.2, -0.15) is 0 Å². The zero-order chi connectivity index (χ0) is 32.5. The Labute approximate surface area is 285 Å². The average molecular weight is 683 g/mol. The summed E-state index contributed by atoms with van der Waals surface area (Å²) < 4.78 is 29.5. The van der Waals surface area contributed by atoms with Crippen LogP contribution in [0.25, 0.3) is 0 Å². The lowest BCUT2D eigenvalue weighted by atomic mass is 10.4. The Bertz CT molecular complexity index is 1470. The van der Waals surface area contributed by atoms with Gasteiger partial charge in [0, 0.05) is 5.75 Å². The van der Waals surface area contributed by atoms with Crippen LogP contribution in [0.1, 0.15) is 19.8 Å². The van der Waals surface area contributed by atoms with Crippen molar-refractivity contribution >= 4 is 31.9 Å². The fraction of sp³-hybridized carbons (Fsp3) is 0.100. The summed E-state index contributed by atoms with van der Waals surface area (Å²) in [7, 11) is -3.97. The molecule has 0 atom stereocenters. The third-order valence-electron chi connectivity index (χ3n) is 6.62. The highest BCUT2D eigenvalue weighted by Gasteiger charge is 2.28. The smallest absolute Gasteiger partial charge is 0.166 e. The van der Waals surface area contributed by atoms with Gasteiger partial charge < -0.3 is 9.26 Å². The van der Waals surface area contributed by atoms with E-state index in [0.717, 1.165) is 6.42 Å². The first-order chi connectivity index (χ1) is 22.5. The predicted molar refractivity (Wildman–Crippen MR) is 192 cm³/mol. The van der Waals surface area contributed by atoms with Crippen molar-refractivity contribution in [2.24, 2.45) is 0 Å². The zero-order valence-corrected chi connectivity index (χ0v) is 28.7. The fourth-order valence-electron chi connectivity index (χ4n) is 4.48. The molecule has 0 N–H and O–H groups in total. The second-order valence-electron chi connectivity index (χ2n) is 10.1. The van der Waals surface area contributed by atoms with Crippen LogP contribution in [0.2, 0.25) is 0 Å². The first-order valence-electron chi connectivity index (χ1n) is 15.2. The summed E-state index contributed by atoms with van der Waals surface area (Å²) >= 11 is 0. The van der Waals surface area contributed by atoms with Crippen molar-refractivity contribution in [2.75, 3.05) is 5.75 Å². The monoisotopic (exact) mass is 682 g/mol. The largest absolute Gasteiger partial charge is 1.00 e. The summed E-state index contributed by atoms with van der Waals surface area (Å²) in [6.45, 7) is 1.84. The molecule has 0 saturated heterocycles. The van der Waals surface area contributed by atoms with Crippen LogP contribution < -0.4 is 4.70 Å². The normalized spacial score (nSPS) is 10.6. The molecule has 6 aromatic rings. The number of hydrogen-bond acceptors (Lipinski definition) is 3. The van der Waals surface area contributed by atoms with E-state index in [1.165, 1.54) is 29.4 Å². The first-order valence-corrected chi connectivity index (χ1v) is 19.2. The van der Waals surface area contributed by atoms with Gasteiger partial charge in [-0.1, -0.05) is 123 Å². The molecule has 0 saturated carbocycles. The molecule has 0 aliphatic heterocycles. The van der Waals surface area contributed by atoms with Crippen LogP contribution in [0.15, 0.2) is 211 Å².